The third-order valence-corrected chi connectivity index (χ3v) is 5.17. The molecule has 0 unspecified atom stereocenters. The normalized spacial score (nSPS) is 15.2. The van der Waals surface area contributed by atoms with Gasteiger partial charge in [0, 0.05) is 18.7 Å². The smallest absolute Gasteiger partial charge is 0.259 e. The molecule has 26 heavy (non-hydrogen) atoms. The molecule has 3 aromatic rings. The maximum absolute atomic E-state index is 13.0. The number of aryl methyl sites for hydroxylation is 1. The number of carbonyl (C=O) groups is 1. The van der Waals surface area contributed by atoms with Crippen molar-refractivity contribution >= 4 is 5.91 Å². The Labute approximate surface area is 153 Å². The van der Waals surface area contributed by atoms with Crippen LogP contribution in [0, 0.1) is 6.92 Å². The highest BCUT2D eigenvalue weighted by atomic mass is 16.5. The van der Waals surface area contributed by atoms with E-state index in [-0.39, 0.29) is 5.91 Å². The topological polar surface area (TPSA) is 46.3 Å². The number of piperidine rings is 1. The maximum Gasteiger partial charge on any atom is 0.259 e. The third kappa shape index (κ3) is 3.27. The van der Waals surface area contributed by atoms with E-state index in [4.69, 9.17) is 4.52 Å². The number of hydrogen-bond acceptors (Lipinski definition) is 3. The molecule has 2 aromatic carbocycles. The first-order valence-electron chi connectivity index (χ1n) is 9.08. The minimum absolute atomic E-state index is 0.00772. The monoisotopic (exact) mass is 346 g/mol. The van der Waals surface area contributed by atoms with Gasteiger partial charge in [0.15, 0.2) is 5.76 Å². The summed E-state index contributed by atoms with van der Waals surface area (Å²) in [6.07, 6.45) is 3.52. The van der Waals surface area contributed by atoms with E-state index in [2.05, 4.69) is 29.4 Å². The molecule has 2 heterocycles. The molecule has 0 atom stereocenters. The number of hydrogen-bond donors (Lipinski definition) is 0. The van der Waals surface area contributed by atoms with Crippen LogP contribution < -0.4 is 0 Å². The SMILES string of the molecule is Cc1ccc(-c2oncc2C(=O)N2CCC(c3ccccc3)CC2)cc1. The first-order chi connectivity index (χ1) is 12.7. The quantitative estimate of drug-likeness (QED) is 0.692. The van der Waals surface area contributed by atoms with Crippen molar-refractivity contribution in [2.45, 2.75) is 25.7 Å². The van der Waals surface area contributed by atoms with Crippen molar-refractivity contribution < 1.29 is 9.32 Å². The predicted molar refractivity (Wildman–Crippen MR) is 101 cm³/mol. The van der Waals surface area contributed by atoms with E-state index in [0.717, 1.165) is 31.5 Å². The summed E-state index contributed by atoms with van der Waals surface area (Å²) in [6.45, 7) is 3.56. The van der Waals surface area contributed by atoms with Gasteiger partial charge in [-0.2, -0.15) is 0 Å². The van der Waals surface area contributed by atoms with E-state index >= 15 is 0 Å². The Hall–Kier alpha value is -2.88. The second-order valence-electron chi connectivity index (χ2n) is 6.91. The van der Waals surface area contributed by atoms with Crippen molar-refractivity contribution in [1.82, 2.24) is 10.1 Å². The summed E-state index contributed by atoms with van der Waals surface area (Å²) in [5, 5.41) is 3.88. The fraction of sp³-hybridized carbons (Fsp3) is 0.273. The van der Waals surface area contributed by atoms with Gasteiger partial charge in [-0.1, -0.05) is 65.3 Å². The minimum atomic E-state index is 0.00772. The summed E-state index contributed by atoms with van der Waals surface area (Å²) < 4.78 is 5.40. The van der Waals surface area contributed by atoms with Crippen molar-refractivity contribution in [3.05, 3.63) is 77.5 Å². The maximum atomic E-state index is 13.0. The molecule has 0 radical (unpaired) electrons. The molecular weight excluding hydrogens is 324 g/mol. The Morgan fingerprint density at radius 2 is 1.73 bits per heavy atom. The lowest BCUT2D eigenvalue weighted by molar-refractivity contribution is 0.0713. The highest BCUT2D eigenvalue weighted by Gasteiger charge is 2.27. The molecule has 1 saturated heterocycles. The van der Waals surface area contributed by atoms with Gasteiger partial charge in [-0.25, -0.2) is 0 Å². The molecule has 1 aromatic heterocycles. The molecule has 0 N–H and O–H groups in total. The Kier molecular flexibility index (Phi) is 4.57. The van der Waals surface area contributed by atoms with E-state index < -0.39 is 0 Å². The Morgan fingerprint density at radius 3 is 2.42 bits per heavy atom. The molecule has 1 aliphatic rings. The lowest BCUT2D eigenvalue weighted by Gasteiger charge is -2.32. The van der Waals surface area contributed by atoms with Gasteiger partial charge < -0.3 is 9.42 Å². The van der Waals surface area contributed by atoms with Gasteiger partial charge in [-0.15, -0.1) is 0 Å². The molecule has 1 amide bonds. The van der Waals surface area contributed by atoms with E-state index in [1.807, 2.05) is 42.2 Å². The van der Waals surface area contributed by atoms with Gasteiger partial charge in [0.25, 0.3) is 5.91 Å². The first kappa shape index (κ1) is 16.6. The van der Waals surface area contributed by atoms with Crippen LogP contribution in [0.25, 0.3) is 11.3 Å². The number of carbonyl (C=O) groups excluding carboxylic acids is 1. The van der Waals surface area contributed by atoms with E-state index in [9.17, 15) is 4.79 Å². The molecule has 1 aliphatic heterocycles. The van der Waals surface area contributed by atoms with Crippen molar-refractivity contribution in [3.63, 3.8) is 0 Å². The molecule has 0 spiro atoms. The van der Waals surface area contributed by atoms with Crippen molar-refractivity contribution in [1.29, 1.82) is 0 Å². The zero-order valence-electron chi connectivity index (χ0n) is 14.9. The van der Waals surface area contributed by atoms with Crippen molar-refractivity contribution in [3.8, 4) is 11.3 Å². The first-order valence-corrected chi connectivity index (χ1v) is 9.08. The molecule has 4 nitrogen and oxygen atoms in total. The van der Waals surface area contributed by atoms with E-state index in [1.165, 1.54) is 11.1 Å². The van der Waals surface area contributed by atoms with Gasteiger partial charge >= 0.3 is 0 Å². The fourth-order valence-electron chi connectivity index (χ4n) is 3.62. The Balaban J connectivity index is 1.48. The Bertz CT molecular complexity index is 876. The summed E-state index contributed by atoms with van der Waals surface area (Å²) in [4.78, 5) is 14.9. The molecule has 0 aliphatic carbocycles. The Morgan fingerprint density at radius 1 is 1.04 bits per heavy atom. The summed E-state index contributed by atoms with van der Waals surface area (Å²) in [5.74, 6) is 1.09. The van der Waals surface area contributed by atoms with Crippen LogP contribution >= 0.6 is 0 Å². The summed E-state index contributed by atoms with van der Waals surface area (Å²) >= 11 is 0. The highest BCUT2D eigenvalue weighted by Crippen LogP contribution is 2.30. The fourth-order valence-corrected chi connectivity index (χ4v) is 3.62. The molecular formula is C22H22N2O2. The number of benzene rings is 2. The molecule has 0 bridgehead atoms. The summed E-state index contributed by atoms with van der Waals surface area (Å²) in [7, 11) is 0. The van der Waals surface area contributed by atoms with Gasteiger partial charge in [-0.3, -0.25) is 4.79 Å². The highest BCUT2D eigenvalue weighted by molar-refractivity contribution is 5.99. The van der Waals surface area contributed by atoms with Gasteiger partial charge in [0.1, 0.15) is 5.56 Å². The van der Waals surface area contributed by atoms with Gasteiger partial charge in [0.2, 0.25) is 0 Å². The molecule has 1 fully saturated rings. The number of nitrogens with zero attached hydrogens (tertiary/aromatic N) is 2. The van der Waals surface area contributed by atoms with Crippen LogP contribution in [0.5, 0.6) is 0 Å². The van der Waals surface area contributed by atoms with Crippen LogP contribution in [0.15, 0.2) is 65.3 Å². The zero-order chi connectivity index (χ0) is 17.9. The molecule has 4 rings (SSSR count). The number of rotatable bonds is 3. The summed E-state index contributed by atoms with van der Waals surface area (Å²) in [5.41, 5.74) is 3.97. The van der Waals surface area contributed by atoms with Crippen LogP contribution in [0.1, 0.15) is 40.2 Å². The molecule has 4 heteroatoms. The molecule has 132 valence electrons. The lowest BCUT2D eigenvalue weighted by Crippen LogP contribution is -2.38. The van der Waals surface area contributed by atoms with Gasteiger partial charge in [-0.05, 0) is 31.2 Å². The van der Waals surface area contributed by atoms with E-state index in [0.29, 0.717) is 17.2 Å². The van der Waals surface area contributed by atoms with Crippen LogP contribution in [-0.2, 0) is 0 Å². The third-order valence-electron chi connectivity index (χ3n) is 5.17. The number of likely N-dealkylation sites (tertiary alicyclic amines) is 1. The van der Waals surface area contributed by atoms with Crippen LogP contribution in [-0.4, -0.2) is 29.1 Å². The number of amides is 1. The standard InChI is InChI=1S/C22H22N2O2/c1-16-7-9-19(10-8-16)21-20(15-23-26-21)22(25)24-13-11-18(12-14-24)17-5-3-2-4-6-17/h2-10,15,18H,11-14H2,1H3. The average Bonchev–Trinajstić information content (AvgIpc) is 3.19. The van der Waals surface area contributed by atoms with Crippen LogP contribution in [0.2, 0.25) is 0 Å². The zero-order valence-corrected chi connectivity index (χ0v) is 14.9. The largest absolute Gasteiger partial charge is 0.355 e. The molecule has 0 saturated carbocycles. The van der Waals surface area contributed by atoms with E-state index in [1.54, 1.807) is 6.20 Å². The second kappa shape index (κ2) is 7.16. The summed E-state index contributed by atoms with van der Waals surface area (Å²) in [6, 6.07) is 18.5. The lowest BCUT2D eigenvalue weighted by atomic mass is 9.89. The van der Waals surface area contributed by atoms with Crippen molar-refractivity contribution in [2.75, 3.05) is 13.1 Å². The predicted octanol–water partition coefficient (Wildman–Crippen LogP) is 4.67. The number of aromatic nitrogens is 1. The van der Waals surface area contributed by atoms with Crippen molar-refractivity contribution in [2.24, 2.45) is 0 Å². The minimum Gasteiger partial charge on any atom is -0.355 e. The van der Waals surface area contributed by atoms with Gasteiger partial charge in [0.05, 0.1) is 6.20 Å². The average molecular weight is 346 g/mol. The second-order valence-corrected chi connectivity index (χ2v) is 6.91. The van der Waals surface area contributed by atoms with Crippen LogP contribution in [0.3, 0.4) is 0 Å². The van der Waals surface area contributed by atoms with Crippen LogP contribution in [0.4, 0.5) is 0 Å².